The van der Waals surface area contributed by atoms with Crippen molar-refractivity contribution in [2.45, 2.75) is 59.8 Å². The van der Waals surface area contributed by atoms with Crippen LogP contribution in [0.15, 0.2) is 0 Å². The highest BCUT2D eigenvalue weighted by Gasteiger charge is 2.13. The van der Waals surface area contributed by atoms with Crippen LogP contribution in [0, 0.1) is 11.8 Å². The lowest BCUT2D eigenvalue weighted by molar-refractivity contribution is 0.301. The minimum absolute atomic E-state index is 1.01. The molecular weight excluding hydrogens is 132 g/mol. The quantitative estimate of drug-likeness (QED) is 0.492. The van der Waals surface area contributed by atoms with E-state index in [-0.39, 0.29) is 0 Å². The zero-order valence-electron chi connectivity index (χ0n) is 8.69. The predicted molar refractivity (Wildman–Crippen MR) is 52.8 cm³/mol. The average molecular weight is 156 g/mol. The Kier molecular flexibility index (Phi) is 6.69. The van der Waals surface area contributed by atoms with E-state index in [2.05, 4.69) is 27.7 Å². The molecule has 0 aromatic heterocycles. The van der Waals surface area contributed by atoms with Crippen LogP contribution in [0.4, 0.5) is 0 Å². The molecule has 0 heterocycles. The minimum Gasteiger partial charge on any atom is -0.0656 e. The Morgan fingerprint density at radius 3 is 1.55 bits per heavy atom. The molecule has 0 bridgehead atoms. The highest BCUT2D eigenvalue weighted by atomic mass is 14.2. The van der Waals surface area contributed by atoms with E-state index in [1.807, 2.05) is 0 Å². The summed E-state index contributed by atoms with van der Waals surface area (Å²) in [6.45, 7) is 8.99. The first-order valence-corrected chi connectivity index (χ1v) is 5.20. The Bertz CT molecular complexity index is 68.1. The highest BCUT2D eigenvalue weighted by Crippen LogP contribution is 2.27. The van der Waals surface area contributed by atoms with Gasteiger partial charge in [-0.15, -0.1) is 0 Å². The lowest BCUT2D eigenvalue weighted by Crippen LogP contribution is -2.09. The van der Waals surface area contributed by atoms with Gasteiger partial charge < -0.3 is 0 Å². The summed E-state index contributed by atoms with van der Waals surface area (Å²) in [6.07, 6.45) is 7.15. The minimum atomic E-state index is 1.01. The smallest absolute Gasteiger partial charge is 0.0440 e. The molecule has 0 heteroatoms. The van der Waals surface area contributed by atoms with Gasteiger partial charge in [-0.25, -0.2) is 0 Å². The van der Waals surface area contributed by atoms with Gasteiger partial charge in [0.05, 0.1) is 0 Å². The van der Waals surface area contributed by atoms with Crippen molar-refractivity contribution in [2.24, 2.45) is 11.8 Å². The van der Waals surface area contributed by atoms with E-state index in [1.54, 1.807) is 0 Å². The normalized spacial score (nSPS) is 30.5. The van der Waals surface area contributed by atoms with Gasteiger partial charge in [0, 0.05) is 0 Å². The first-order valence-electron chi connectivity index (χ1n) is 5.20. The van der Waals surface area contributed by atoms with Crippen LogP contribution < -0.4 is 0 Å². The average Bonchev–Trinajstić information content (AvgIpc) is 1.88. The van der Waals surface area contributed by atoms with Crippen LogP contribution in [0.5, 0.6) is 0 Å². The van der Waals surface area contributed by atoms with Crippen molar-refractivity contribution in [3.05, 3.63) is 0 Å². The maximum Gasteiger partial charge on any atom is -0.0440 e. The molecular formula is C11H24. The zero-order chi connectivity index (χ0) is 8.69. The summed E-state index contributed by atoms with van der Waals surface area (Å²) >= 11 is 0. The molecule has 1 unspecified atom stereocenters. The van der Waals surface area contributed by atoms with E-state index in [0.29, 0.717) is 0 Å². The second-order valence-corrected chi connectivity index (χ2v) is 4.08. The first kappa shape index (κ1) is 11.0. The maximum absolute atomic E-state index is 2.37. The highest BCUT2D eigenvalue weighted by molar-refractivity contribution is 4.66. The van der Waals surface area contributed by atoms with Gasteiger partial charge >= 0.3 is 0 Å². The first-order chi connectivity index (χ1) is 5.20. The van der Waals surface area contributed by atoms with Crippen molar-refractivity contribution in [1.29, 1.82) is 0 Å². The van der Waals surface area contributed by atoms with Crippen molar-refractivity contribution in [2.75, 3.05) is 0 Å². The molecule has 68 valence electrons. The molecule has 1 aliphatic rings. The van der Waals surface area contributed by atoms with Gasteiger partial charge in [-0.05, 0) is 18.3 Å². The van der Waals surface area contributed by atoms with Crippen LogP contribution in [0.25, 0.3) is 0 Å². The number of rotatable bonds is 0. The van der Waals surface area contributed by atoms with Crippen LogP contribution in [0.3, 0.4) is 0 Å². The van der Waals surface area contributed by atoms with E-state index in [4.69, 9.17) is 0 Å². The van der Waals surface area contributed by atoms with Crippen LogP contribution in [0.2, 0.25) is 0 Å². The third-order valence-electron chi connectivity index (χ3n) is 2.20. The van der Waals surface area contributed by atoms with Gasteiger partial charge in [-0.2, -0.15) is 0 Å². The Balaban J connectivity index is 0.000000292. The van der Waals surface area contributed by atoms with Gasteiger partial charge in [0.1, 0.15) is 0 Å². The monoisotopic (exact) mass is 156 g/mol. The molecule has 0 nitrogen and oxygen atoms in total. The molecule has 0 aliphatic heterocycles. The maximum atomic E-state index is 2.37. The van der Waals surface area contributed by atoms with Crippen molar-refractivity contribution in [1.82, 2.24) is 0 Å². The molecule has 1 rings (SSSR count). The number of hydrogen-bond acceptors (Lipinski definition) is 0. The second kappa shape index (κ2) is 6.69. The molecule has 0 saturated heterocycles. The predicted octanol–water partition coefficient (Wildman–Crippen LogP) is 4.25. The third-order valence-corrected chi connectivity index (χ3v) is 2.20. The second-order valence-electron chi connectivity index (χ2n) is 4.08. The van der Waals surface area contributed by atoms with Gasteiger partial charge in [-0.3, -0.25) is 0 Å². The summed E-state index contributed by atoms with van der Waals surface area (Å²) in [4.78, 5) is 0. The lowest BCUT2D eigenvalue weighted by Gasteiger charge is -2.22. The molecule has 1 fully saturated rings. The zero-order valence-corrected chi connectivity index (χ0v) is 8.69. The molecule has 0 aromatic rings. The van der Waals surface area contributed by atoms with Crippen molar-refractivity contribution in [3.8, 4) is 0 Å². The van der Waals surface area contributed by atoms with Gasteiger partial charge in [0.15, 0.2) is 0 Å². The van der Waals surface area contributed by atoms with E-state index >= 15 is 0 Å². The number of hydrogen-bond donors (Lipinski definition) is 0. The summed E-state index contributed by atoms with van der Waals surface area (Å²) in [5.41, 5.74) is 0. The molecule has 2 atom stereocenters. The SMILES string of the molecule is CC1CCC[C@H](C)C1.CCC. The Morgan fingerprint density at radius 2 is 1.36 bits per heavy atom. The molecule has 1 saturated carbocycles. The molecule has 0 radical (unpaired) electrons. The van der Waals surface area contributed by atoms with E-state index in [9.17, 15) is 0 Å². The largest absolute Gasteiger partial charge is 0.0656 e. The van der Waals surface area contributed by atoms with Crippen LogP contribution in [0.1, 0.15) is 59.8 Å². The summed E-state index contributed by atoms with van der Waals surface area (Å²) in [6, 6.07) is 0. The molecule has 0 aromatic carbocycles. The van der Waals surface area contributed by atoms with Crippen LogP contribution in [-0.4, -0.2) is 0 Å². The standard InChI is InChI=1S/C8H16.C3H8/c1-7-4-3-5-8(2)6-7;1-3-2/h7-8H,3-6H2,1-2H3;3H2,1-2H3/t7-,8?;/m0./s1. The fourth-order valence-electron chi connectivity index (χ4n) is 1.74. The lowest BCUT2D eigenvalue weighted by atomic mass is 9.84. The Labute approximate surface area is 72.4 Å². The van der Waals surface area contributed by atoms with E-state index < -0.39 is 0 Å². The summed E-state index contributed by atoms with van der Waals surface area (Å²) in [7, 11) is 0. The summed E-state index contributed by atoms with van der Waals surface area (Å²) in [5, 5.41) is 0. The summed E-state index contributed by atoms with van der Waals surface area (Å²) in [5.74, 6) is 2.03. The molecule has 0 amide bonds. The molecule has 1 aliphatic carbocycles. The van der Waals surface area contributed by atoms with Gasteiger partial charge in [0.2, 0.25) is 0 Å². The topological polar surface area (TPSA) is 0 Å². The molecule has 0 spiro atoms. The van der Waals surface area contributed by atoms with E-state index in [0.717, 1.165) is 11.8 Å². The molecule has 0 N–H and O–H groups in total. The van der Waals surface area contributed by atoms with Crippen LogP contribution in [-0.2, 0) is 0 Å². The van der Waals surface area contributed by atoms with Crippen molar-refractivity contribution >= 4 is 0 Å². The van der Waals surface area contributed by atoms with E-state index in [1.165, 1.54) is 32.1 Å². The fourth-order valence-corrected chi connectivity index (χ4v) is 1.74. The third kappa shape index (κ3) is 6.40. The van der Waals surface area contributed by atoms with Crippen molar-refractivity contribution < 1.29 is 0 Å². The Morgan fingerprint density at radius 1 is 1.00 bits per heavy atom. The Hall–Kier alpha value is 0. The van der Waals surface area contributed by atoms with Gasteiger partial charge in [-0.1, -0.05) is 53.4 Å². The summed E-state index contributed by atoms with van der Waals surface area (Å²) < 4.78 is 0. The van der Waals surface area contributed by atoms with Crippen LogP contribution >= 0.6 is 0 Å². The van der Waals surface area contributed by atoms with Gasteiger partial charge in [0.25, 0.3) is 0 Å². The fraction of sp³-hybridized carbons (Fsp3) is 1.00. The molecule has 11 heavy (non-hydrogen) atoms. The van der Waals surface area contributed by atoms with Crippen molar-refractivity contribution in [3.63, 3.8) is 0 Å².